The standard InChI is InChI=1S/C13H16O5/c14-8-2-10-18-12-6-4-11(5-7-12)17-9-1-3-13(15)16/h1,3-7,14H,2,8-10H2,(H,15,16)/b3-1+. The highest BCUT2D eigenvalue weighted by Gasteiger charge is 1.95. The lowest BCUT2D eigenvalue weighted by atomic mass is 10.3. The zero-order valence-electron chi connectivity index (χ0n) is 9.91. The number of carboxylic acid groups (broad SMARTS) is 1. The maximum atomic E-state index is 10.2. The minimum Gasteiger partial charge on any atom is -0.494 e. The molecule has 0 heterocycles. The van der Waals surface area contributed by atoms with Crippen LogP contribution in [0.5, 0.6) is 11.5 Å². The predicted octanol–water partition coefficient (Wildman–Crippen LogP) is 1.47. The van der Waals surface area contributed by atoms with E-state index in [0.717, 1.165) is 6.08 Å². The number of rotatable bonds is 8. The smallest absolute Gasteiger partial charge is 0.328 e. The molecular weight excluding hydrogens is 236 g/mol. The summed E-state index contributed by atoms with van der Waals surface area (Å²) >= 11 is 0. The highest BCUT2D eigenvalue weighted by molar-refractivity contribution is 5.79. The SMILES string of the molecule is O=C(O)/C=C/COc1ccc(OCCCO)cc1. The summed E-state index contributed by atoms with van der Waals surface area (Å²) in [4.78, 5) is 10.2. The van der Waals surface area contributed by atoms with Gasteiger partial charge in [-0.05, 0) is 30.3 Å². The van der Waals surface area contributed by atoms with Gasteiger partial charge >= 0.3 is 5.97 Å². The normalized spacial score (nSPS) is 10.5. The van der Waals surface area contributed by atoms with Crippen LogP contribution < -0.4 is 9.47 Å². The fourth-order valence-electron chi connectivity index (χ4n) is 1.18. The monoisotopic (exact) mass is 252 g/mol. The first kappa shape index (κ1) is 14.1. The Morgan fingerprint density at radius 1 is 1.17 bits per heavy atom. The molecule has 0 saturated heterocycles. The summed E-state index contributed by atoms with van der Waals surface area (Å²) in [5, 5.41) is 17.0. The Bertz CT molecular complexity index is 383. The second-order valence-corrected chi connectivity index (χ2v) is 3.45. The number of aliphatic hydroxyl groups is 1. The lowest BCUT2D eigenvalue weighted by molar-refractivity contribution is -0.131. The van der Waals surface area contributed by atoms with Crippen LogP contribution in [0.1, 0.15) is 6.42 Å². The number of hydrogen-bond acceptors (Lipinski definition) is 4. The van der Waals surface area contributed by atoms with Crippen molar-refractivity contribution >= 4 is 5.97 Å². The van der Waals surface area contributed by atoms with Crippen LogP contribution in [-0.2, 0) is 4.79 Å². The first-order valence-electron chi connectivity index (χ1n) is 5.58. The van der Waals surface area contributed by atoms with E-state index in [4.69, 9.17) is 19.7 Å². The molecular formula is C13H16O5. The van der Waals surface area contributed by atoms with Crippen molar-refractivity contribution in [1.29, 1.82) is 0 Å². The van der Waals surface area contributed by atoms with Gasteiger partial charge in [0, 0.05) is 19.1 Å². The van der Waals surface area contributed by atoms with Crippen LogP contribution in [0.25, 0.3) is 0 Å². The average molecular weight is 252 g/mol. The third-order valence-corrected chi connectivity index (χ3v) is 2.00. The van der Waals surface area contributed by atoms with Crippen LogP contribution >= 0.6 is 0 Å². The maximum Gasteiger partial charge on any atom is 0.328 e. The fourth-order valence-corrected chi connectivity index (χ4v) is 1.18. The summed E-state index contributed by atoms with van der Waals surface area (Å²) in [6, 6.07) is 6.99. The quantitative estimate of drug-likeness (QED) is 0.541. The van der Waals surface area contributed by atoms with Crippen LogP contribution in [0.4, 0.5) is 0 Å². The molecule has 0 atom stereocenters. The van der Waals surface area contributed by atoms with Crippen LogP contribution in [0.15, 0.2) is 36.4 Å². The first-order valence-corrected chi connectivity index (χ1v) is 5.58. The minimum atomic E-state index is -0.994. The van der Waals surface area contributed by atoms with Crippen molar-refractivity contribution in [3.63, 3.8) is 0 Å². The first-order chi connectivity index (χ1) is 8.72. The summed E-state index contributed by atoms with van der Waals surface area (Å²) in [6.07, 6.45) is 3.05. The molecule has 0 aliphatic carbocycles. The molecule has 5 heteroatoms. The molecule has 0 aromatic heterocycles. The summed E-state index contributed by atoms with van der Waals surface area (Å²) in [6.45, 7) is 0.784. The number of hydrogen-bond donors (Lipinski definition) is 2. The van der Waals surface area contributed by atoms with Crippen LogP contribution in [0.3, 0.4) is 0 Å². The second kappa shape index (κ2) is 8.14. The van der Waals surface area contributed by atoms with Crippen molar-refractivity contribution in [1.82, 2.24) is 0 Å². The highest BCUT2D eigenvalue weighted by atomic mass is 16.5. The molecule has 5 nitrogen and oxygen atoms in total. The largest absolute Gasteiger partial charge is 0.494 e. The van der Waals surface area contributed by atoms with Gasteiger partial charge in [-0.25, -0.2) is 4.79 Å². The molecule has 98 valence electrons. The molecule has 0 spiro atoms. The molecule has 18 heavy (non-hydrogen) atoms. The van der Waals surface area contributed by atoms with Gasteiger partial charge in [0.1, 0.15) is 18.1 Å². The van der Waals surface area contributed by atoms with Gasteiger partial charge in [-0.1, -0.05) is 0 Å². The number of benzene rings is 1. The fraction of sp³-hybridized carbons (Fsp3) is 0.308. The molecule has 1 aromatic rings. The summed E-state index contributed by atoms with van der Waals surface area (Å²) in [5.41, 5.74) is 0. The van der Waals surface area contributed by atoms with E-state index in [-0.39, 0.29) is 13.2 Å². The van der Waals surface area contributed by atoms with Gasteiger partial charge < -0.3 is 19.7 Å². The number of aliphatic hydroxyl groups excluding tert-OH is 1. The Kier molecular flexibility index (Phi) is 6.35. The van der Waals surface area contributed by atoms with Crippen LogP contribution in [0, 0.1) is 0 Å². The Morgan fingerprint density at radius 3 is 2.33 bits per heavy atom. The third-order valence-electron chi connectivity index (χ3n) is 2.00. The Labute approximate surface area is 105 Å². The second-order valence-electron chi connectivity index (χ2n) is 3.45. The summed E-state index contributed by atoms with van der Waals surface area (Å²) in [5.74, 6) is 0.350. The topological polar surface area (TPSA) is 76.0 Å². The summed E-state index contributed by atoms with van der Waals surface area (Å²) < 4.78 is 10.6. The van der Waals surface area contributed by atoms with E-state index in [9.17, 15) is 4.79 Å². The van der Waals surface area contributed by atoms with E-state index in [2.05, 4.69) is 0 Å². The molecule has 0 amide bonds. The van der Waals surface area contributed by atoms with Crippen molar-refractivity contribution in [2.24, 2.45) is 0 Å². The number of aliphatic carboxylic acids is 1. The van der Waals surface area contributed by atoms with Crippen molar-refractivity contribution < 1.29 is 24.5 Å². The van der Waals surface area contributed by atoms with Crippen molar-refractivity contribution in [2.45, 2.75) is 6.42 Å². The Balaban J connectivity index is 2.33. The molecule has 2 N–H and O–H groups in total. The predicted molar refractivity (Wildman–Crippen MR) is 65.9 cm³/mol. The van der Waals surface area contributed by atoms with E-state index in [1.54, 1.807) is 24.3 Å². The maximum absolute atomic E-state index is 10.2. The lowest BCUT2D eigenvalue weighted by Gasteiger charge is -2.06. The number of ether oxygens (including phenoxy) is 2. The highest BCUT2D eigenvalue weighted by Crippen LogP contribution is 2.17. The molecule has 0 bridgehead atoms. The van der Waals surface area contributed by atoms with E-state index < -0.39 is 5.97 Å². The van der Waals surface area contributed by atoms with E-state index >= 15 is 0 Å². The van der Waals surface area contributed by atoms with Gasteiger partial charge in [-0.3, -0.25) is 0 Å². The van der Waals surface area contributed by atoms with E-state index in [0.29, 0.717) is 24.5 Å². The molecule has 1 aromatic carbocycles. The van der Waals surface area contributed by atoms with E-state index in [1.165, 1.54) is 6.08 Å². The summed E-state index contributed by atoms with van der Waals surface area (Å²) in [7, 11) is 0. The average Bonchev–Trinajstić information content (AvgIpc) is 2.36. The van der Waals surface area contributed by atoms with Crippen molar-refractivity contribution in [2.75, 3.05) is 19.8 Å². The Hall–Kier alpha value is -2.01. The van der Waals surface area contributed by atoms with Gasteiger partial charge in [0.2, 0.25) is 0 Å². The van der Waals surface area contributed by atoms with Gasteiger partial charge in [-0.2, -0.15) is 0 Å². The minimum absolute atomic E-state index is 0.108. The zero-order chi connectivity index (χ0) is 13.2. The van der Waals surface area contributed by atoms with Gasteiger partial charge in [-0.15, -0.1) is 0 Å². The number of carbonyl (C=O) groups is 1. The molecule has 1 rings (SSSR count). The molecule has 0 saturated carbocycles. The Morgan fingerprint density at radius 2 is 1.78 bits per heavy atom. The van der Waals surface area contributed by atoms with Crippen LogP contribution in [0.2, 0.25) is 0 Å². The van der Waals surface area contributed by atoms with Gasteiger partial charge in [0.15, 0.2) is 0 Å². The van der Waals surface area contributed by atoms with Gasteiger partial charge in [0.05, 0.1) is 6.61 Å². The van der Waals surface area contributed by atoms with Crippen LogP contribution in [-0.4, -0.2) is 36.0 Å². The lowest BCUT2D eigenvalue weighted by Crippen LogP contribution is -2.00. The van der Waals surface area contributed by atoms with E-state index in [1.807, 2.05) is 0 Å². The van der Waals surface area contributed by atoms with Gasteiger partial charge in [0.25, 0.3) is 0 Å². The molecule has 0 radical (unpaired) electrons. The van der Waals surface area contributed by atoms with Crippen molar-refractivity contribution in [3.05, 3.63) is 36.4 Å². The number of carboxylic acids is 1. The molecule has 0 aliphatic rings. The molecule has 0 unspecified atom stereocenters. The van der Waals surface area contributed by atoms with Crippen molar-refractivity contribution in [3.8, 4) is 11.5 Å². The molecule has 0 fully saturated rings. The zero-order valence-corrected chi connectivity index (χ0v) is 9.91. The molecule has 0 aliphatic heterocycles. The third kappa shape index (κ3) is 5.91.